The van der Waals surface area contributed by atoms with Crippen LogP contribution in [0, 0.1) is 0 Å². The molecule has 0 aliphatic carbocycles. The number of benzene rings is 1. The molecule has 0 saturated carbocycles. The molecule has 0 fully saturated rings. The summed E-state index contributed by atoms with van der Waals surface area (Å²) in [5, 5.41) is 7.36. The van der Waals surface area contributed by atoms with Crippen molar-refractivity contribution in [1.82, 2.24) is 5.16 Å². The molecule has 0 spiro atoms. The summed E-state index contributed by atoms with van der Waals surface area (Å²) in [5.41, 5.74) is 7.20. The number of hydrogen-bond acceptors (Lipinski definition) is 4. The van der Waals surface area contributed by atoms with Crippen molar-refractivity contribution >= 4 is 23.0 Å². The quantitative estimate of drug-likeness (QED) is 0.785. The zero-order valence-electron chi connectivity index (χ0n) is 7.90. The van der Waals surface area contributed by atoms with Crippen LogP contribution in [0.1, 0.15) is 5.76 Å². The molecule has 0 aliphatic heterocycles. The van der Waals surface area contributed by atoms with Crippen molar-refractivity contribution in [2.45, 2.75) is 6.54 Å². The fourth-order valence-electron chi connectivity index (χ4n) is 1.20. The second kappa shape index (κ2) is 4.23. The molecular weight excluding hydrogens is 214 g/mol. The molecule has 0 saturated heterocycles. The minimum atomic E-state index is 0.532. The van der Waals surface area contributed by atoms with Crippen molar-refractivity contribution in [1.29, 1.82) is 0 Å². The summed E-state index contributed by atoms with van der Waals surface area (Å²) < 4.78 is 4.94. The molecule has 4 nitrogen and oxygen atoms in total. The fraction of sp³-hybridized carbons (Fsp3) is 0.100. The van der Waals surface area contributed by atoms with Gasteiger partial charge in [-0.3, -0.25) is 0 Å². The number of nitrogens with two attached hydrogens (primary N) is 1. The Hall–Kier alpha value is -1.68. The number of nitrogen functional groups attached to an aromatic ring is 1. The lowest BCUT2D eigenvalue weighted by Crippen LogP contribution is -2.01. The Morgan fingerprint density at radius 1 is 1.40 bits per heavy atom. The van der Waals surface area contributed by atoms with E-state index in [1.165, 1.54) is 0 Å². The average molecular weight is 224 g/mol. The highest BCUT2D eigenvalue weighted by Gasteiger charge is 2.01. The summed E-state index contributed by atoms with van der Waals surface area (Å²) in [6, 6.07) is 7.06. The average Bonchev–Trinajstić information content (AvgIpc) is 2.72. The highest BCUT2D eigenvalue weighted by atomic mass is 35.5. The molecule has 0 aliphatic rings. The van der Waals surface area contributed by atoms with Gasteiger partial charge in [0.15, 0.2) is 5.76 Å². The van der Waals surface area contributed by atoms with Crippen LogP contribution in [0.5, 0.6) is 0 Å². The zero-order valence-corrected chi connectivity index (χ0v) is 8.66. The van der Waals surface area contributed by atoms with Crippen LogP contribution < -0.4 is 11.1 Å². The third-order valence-electron chi connectivity index (χ3n) is 1.96. The predicted molar refractivity (Wildman–Crippen MR) is 59.7 cm³/mol. The summed E-state index contributed by atoms with van der Waals surface area (Å²) in [6.45, 7) is 0.532. The number of hydrogen-bond donors (Lipinski definition) is 2. The van der Waals surface area contributed by atoms with Gasteiger partial charge in [0.1, 0.15) is 0 Å². The van der Waals surface area contributed by atoms with E-state index >= 15 is 0 Å². The van der Waals surface area contributed by atoms with E-state index < -0.39 is 0 Å². The molecule has 0 bridgehead atoms. The molecule has 1 heterocycles. The molecule has 5 heteroatoms. The first-order valence-corrected chi connectivity index (χ1v) is 4.82. The lowest BCUT2D eigenvalue weighted by molar-refractivity contribution is 0.388. The Kier molecular flexibility index (Phi) is 2.78. The van der Waals surface area contributed by atoms with Gasteiger partial charge in [-0.2, -0.15) is 0 Å². The fourth-order valence-corrected chi connectivity index (χ4v) is 1.37. The molecule has 0 unspecified atom stereocenters. The van der Waals surface area contributed by atoms with Gasteiger partial charge in [-0.15, -0.1) is 0 Å². The van der Waals surface area contributed by atoms with Crippen molar-refractivity contribution < 1.29 is 4.52 Å². The van der Waals surface area contributed by atoms with Crippen LogP contribution >= 0.6 is 11.6 Å². The minimum Gasteiger partial charge on any atom is -0.397 e. The van der Waals surface area contributed by atoms with Crippen molar-refractivity contribution in [2.75, 3.05) is 11.1 Å². The van der Waals surface area contributed by atoms with E-state index in [0.29, 0.717) is 17.3 Å². The van der Waals surface area contributed by atoms with Crippen LogP contribution in [0.25, 0.3) is 0 Å². The molecule has 0 atom stereocenters. The molecule has 15 heavy (non-hydrogen) atoms. The van der Waals surface area contributed by atoms with Crippen LogP contribution in [0.2, 0.25) is 5.02 Å². The normalized spacial score (nSPS) is 10.2. The monoisotopic (exact) mass is 223 g/mol. The summed E-state index contributed by atoms with van der Waals surface area (Å²) in [7, 11) is 0. The first kappa shape index (κ1) is 9.86. The van der Waals surface area contributed by atoms with Gasteiger partial charge in [-0.05, 0) is 18.2 Å². The molecule has 0 radical (unpaired) electrons. The first-order chi connectivity index (χ1) is 7.25. The van der Waals surface area contributed by atoms with Crippen LogP contribution in [-0.2, 0) is 6.54 Å². The van der Waals surface area contributed by atoms with Gasteiger partial charge in [0.25, 0.3) is 0 Å². The van der Waals surface area contributed by atoms with E-state index in [2.05, 4.69) is 10.5 Å². The first-order valence-electron chi connectivity index (χ1n) is 4.44. The van der Waals surface area contributed by atoms with Crippen molar-refractivity contribution in [3.63, 3.8) is 0 Å². The smallest absolute Gasteiger partial charge is 0.155 e. The second-order valence-corrected chi connectivity index (χ2v) is 3.50. The summed E-state index contributed by atoms with van der Waals surface area (Å²) in [6.07, 6.45) is 1.60. The number of rotatable bonds is 3. The molecule has 1 aromatic heterocycles. The van der Waals surface area contributed by atoms with E-state index in [1.807, 2.05) is 0 Å². The molecule has 3 N–H and O–H groups in total. The van der Waals surface area contributed by atoms with E-state index in [0.717, 1.165) is 11.4 Å². The lowest BCUT2D eigenvalue weighted by Gasteiger charge is -2.07. The van der Waals surface area contributed by atoms with Gasteiger partial charge in [-0.1, -0.05) is 16.8 Å². The van der Waals surface area contributed by atoms with Crippen LogP contribution in [0.15, 0.2) is 35.0 Å². The number of anilines is 2. The molecule has 2 aromatic rings. The Labute approximate surface area is 92.0 Å². The number of nitrogens with zero attached hydrogens (tertiary/aromatic N) is 1. The summed E-state index contributed by atoms with van der Waals surface area (Å²) in [5.74, 6) is 0.745. The molecule has 1 aromatic carbocycles. The Balaban J connectivity index is 2.07. The minimum absolute atomic E-state index is 0.532. The Morgan fingerprint density at radius 3 is 3.00 bits per heavy atom. The largest absolute Gasteiger partial charge is 0.397 e. The highest BCUT2D eigenvalue weighted by Crippen LogP contribution is 2.23. The van der Waals surface area contributed by atoms with Crippen LogP contribution in [-0.4, -0.2) is 5.16 Å². The molecule has 2 rings (SSSR count). The maximum absolute atomic E-state index is 5.85. The maximum Gasteiger partial charge on any atom is 0.155 e. The second-order valence-electron chi connectivity index (χ2n) is 3.06. The van der Waals surface area contributed by atoms with Crippen molar-refractivity contribution in [3.05, 3.63) is 41.2 Å². The van der Waals surface area contributed by atoms with Gasteiger partial charge in [0, 0.05) is 11.1 Å². The van der Waals surface area contributed by atoms with Gasteiger partial charge in [0.2, 0.25) is 0 Å². The van der Waals surface area contributed by atoms with E-state index in [4.69, 9.17) is 21.9 Å². The summed E-state index contributed by atoms with van der Waals surface area (Å²) >= 11 is 5.85. The maximum atomic E-state index is 5.85. The van der Waals surface area contributed by atoms with Crippen LogP contribution in [0.3, 0.4) is 0 Å². The molecule has 78 valence electrons. The van der Waals surface area contributed by atoms with Crippen LogP contribution in [0.4, 0.5) is 11.4 Å². The molecule has 0 amide bonds. The number of halogens is 1. The van der Waals surface area contributed by atoms with E-state index in [-0.39, 0.29) is 0 Å². The van der Waals surface area contributed by atoms with Gasteiger partial charge < -0.3 is 15.6 Å². The predicted octanol–water partition coefficient (Wildman–Crippen LogP) is 2.52. The van der Waals surface area contributed by atoms with Crippen molar-refractivity contribution in [3.8, 4) is 0 Å². The number of nitrogens with one attached hydrogen (secondary N) is 1. The van der Waals surface area contributed by atoms with Crippen molar-refractivity contribution in [2.24, 2.45) is 0 Å². The topological polar surface area (TPSA) is 64.1 Å². The van der Waals surface area contributed by atoms with E-state index in [1.54, 1.807) is 30.5 Å². The van der Waals surface area contributed by atoms with E-state index in [9.17, 15) is 0 Å². The van der Waals surface area contributed by atoms with Gasteiger partial charge in [0.05, 0.1) is 24.1 Å². The SMILES string of the molecule is Nc1ccc(Cl)cc1NCc1ccno1. The third-order valence-corrected chi connectivity index (χ3v) is 2.19. The third kappa shape index (κ3) is 2.41. The van der Waals surface area contributed by atoms with Gasteiger partial charge >= 0.3 is 0 Å². The standard InChI is InChI=1S/C10H10ClN3O/c11-7-1-2-9(12)10(5-7)13-6-8-3-4-14-15-8/h1-5,13H,6,12H2. The van der Waals surface area contributed by atoms with Gasteiger partial charge in [-0.25, -0.2) is 0 Å². The highest BCUT2D eigenvalue weighted by molar-refractivity contribution is 6.31. The Bertz CT molecular complexity index is 442. The summed E-state index contributed by atoms with van der Waals surface area (Å²) in [4.78, 5) is 0. The molecular formula is C10H10ClN3O. The Morgan fingerprint density at radius 2 is 2.27 bits per heavy atom. The number of aromatic nitrogens is 1. The zero-order chi connectivity index (χ0) is 10.7. The lowest BCUT2D eigenvalue weighted by atomic mass is 10.2.